The van der Waals surface area contributed by atoms with Gasteiger partial charge in [-0.2, -0.15) is 0 Å². The highest BCUT2D eigenvalue weighted by Crippen LogP contribution is 2.40. The number of anilines is 1. The predicted octanol–water partition coefficient (Wildman–Crippen LogP) is 3.44. The molecule has 1 aromatic heterocycles. The molecule has 0 atom stereocenters. The Balaban J connectivity index is 1.31. The summed E-state index contributed by atoms with van der Waals surface area (Å²) in [6.45, 7) is 1.85. The number of para-hydroxylation sites is 1. The SMILES string of the molecule is COc1ccccc1-c1ccc(C(=O)N2CCC3(CC2)OCCc2cnc(N)nc23)cc1. The maximum atomic E-state index is 13.2. The van der Waals surface area contributed by atoms with E-state index in [1.165, 1.54) is 0 Å². The zero-order chi connectivity index (χ0) is 22.1. The van der Waals surface area contributed by atoms with Crippen molar-refractivity contribution in [1.82, 2.24) is 14.9 Å². The molecule has 2 aliphatic heterocycles. The van der Waals surface area contributed by atoms with Crippen LogP contribution < -0.4 is 10.5 Å². The van der Waals surface area contributed by atoms with Crippen molar-refractivity contribution in [2.75, 3.05) is 32.5 Å². The van der Waals surface area contributed by atoms with Crippen molar-refractivity contribution in [2.45, 2.75) is 24.9 Å². The number of hydrogen-bond donors (Lipinski definition) is 1. The number of hydrogen-bond acceptors (Lipinski definition) is 6. The molecule has 0 aliphatic carbocycles. The minimum Gasteiger partial charge on any atom is -0.496 e. The van der Waals surface area contributed by atoms with Gasteiger partial charge in [-0.1, -0.05) is 30.3 Å². The number of aromatic nitrogens is 2. The number of fused-ring (bicyclic) bond motifs is 2. The van der Waals surface area contributed by atoms with Gasteiger partial charge in [0.1, 0.15) is 11.4 Å². The van der Waals surface area contributed by atoms with E-state index in [1.807, 2.05) is 59.6 Å². The standard InChI is InChI=1S/C25H26N4O3/c1-31-21-5-3-2-4-20(21)17-6-8-18(9-7-17)23(30)29-13-11-25(12-14-29)22-19(10-15-32-25)16-27-24(26)28-22/h2-9,16H,10-15H2,1H3,(H2,26,27,28). The molecule has 1 spiro atoms. The second kappa shape index (κ2) is 8.24. The highest BCUT2D eigenvalue weighted by Gasteiger charge is 2.43. The van der Waals surface area contributed by atoms with Crippen LogP contribution in [0.4, 0.5) is 5.95 Å². The van der Waals surface area contributed by atoms with Gasteiger partial charge in [-0.15, -0.1) is 0 Å². The van der Waals surface area contributed by atoms with Gasteiger partial charge in [-0.3, -0.25) is 4.79 Å². The van der Waals surface area contributed by atoms with Crippen molar-refractivity contribution in [3.05, 3.63) is 71.5 Å². The third-order valence-electron chi connectivity index (χ3n) is 6.47. The van der Waals surface area contributed by atoms with Crippen molar-refractivity contribution < 1.29 is 14.3 Å². The highest BCUT2D eigenvalue weighted by atomic mass is 16.5. The quantitative estimate of drug-likeness (QED) is 0.685. The molecule has 0 bridgehead atoms. The molecule has 2 N–H and O–H groups in total. The zero-order valence-electron chi connectivity index (χ0n) is 18.1. The first kappa shape index (κ1) is 20.5. The molecule has 0 saturated carbocycles. The van der Waals surface area contributed by atoms with Gasteiger partial charge in [0.25, 0.3) is 5.91 Å². The number of rotatable bonds is 3. The van der Waals surface area contributed by atoms with Gasteiger partial charge in [0.2, 0.25) is 5.95 Å². The van der Waals surface area contributed by atoms with Crippen molar-refractivity contribution in [1.29, 1.82) is 0 Å². The van der Waals surface area contributed by atoms with E-state index >= 15 is 0 Å². The smallest absolute Gasteiger partial charge is 0.253 e. The van der Waals surface area contributed by atoms with Crippen LogP contribution in [0, 0.1) is 0 Å². The van der Waals surface area contributed by atoms with E-state index in [0.29, 0.717) is 38.1 Å². The van der Waals surface area contributed by atoms with Crippen LogP contribution in [0.2, 0.25) is 0 Å². The molecule has 2 aromatic carbocycles. The number of carbonyl (C=O) groups is 1. The summed E-state index contributed by atoms with van der Waals surface area (Å²) in [7, 11) is 1.66. The molecule has 7 nitrogen and oxygen atoms in total. The lowest BCUT2D eigenvalue weighted by atomic mass is 9.83. The first-order valence-electron chi connectivity index (χ1n) is 10.9. The molecule has 2 aliphatic rings. The fourth-order valence-electron chi connectivity index (χ4n) is 4.73. The Labute approximate surface area is 187 Å². The van der Waals surface area contributed by atoms with Crippen LogP contribution in [0.5, 0.6) is 5.75 Å². The molecule has 3 heterocycles. The van der Waals surface area contributed by atoms with Crippen LogP contribution in [0.1, 0.15) is 34.5 Å². The average molecular weight is 431 g/mol. The van der Waals surface area contributed by atoms with Crippen LogP contribution in [0.25, 0.3) is 11.1 Å². The summed E-state index contributed by atoms with van der Waals surface area (Å²) >= 11 is 0. The molecule has 3 aromatic rings. The van der Waals surface area contributed by atoms with Gasteiger partial charge in [0.15, 0.2) is 0 Å². The number of nitrogens with zero attached hydrogens (tertiary/aromatic N) is 3. The number of nitrogens with two attached hydrogens (primary N) is 1. The summed E-state index contributed by atoms with van der Waals surface area (Å²) in [4.78, 5) is 23.7. The minimum absolute atomic E-state index is 0.0321. The van der Waals surface area contributed by atoms with Crippen molar-refractivity contribution in [3.63, 3.8) is 0 Å². The Kier molecular flexibility index (Phi) is 5.27. The number of amides is 1. The van der Waals surface area contributed by atoms with Crippen LogP contribution in [0.3, 0.4) is 0 Å². The van der Waals surface area contributed by atoms with Crippen molar-refractivity contribution >= 4 is 11.9 Å². The van der Waals surface area contributed by atoms with E-state index in [2.05, 4.69) is 9.97 Å². The number of likely N-dealkylation sites (tertiary alicyclic amines) is 1. The molecule has 1 fully saturated rings. The highest BCUT2D eigenvalue weighted by molar-refractivity contribution is 5.95. The molecule has 7 heteroatoms. The fourth-order valence-corrected chi connectivity index (χ4v) is 4.73. The lowest BCUT2D eigenvalue weighted by Crippen LogP contribution is -2.49. The fraction of sp³-hybridized carbons (Fsp3) is 0.320. The van der Waals surface area contributed by atoms with E-state index in [1.54, 1.807) is 7.11 Å². The first-order chi connectivity index (χ1) is 15.6. The normalized spacial score (nSPS) is 17.1. The Bertz CT molecular complexity index is 1140. The third kappa shape index (κ3) is 3.58. The van der Waals surface area contributed by atoms with Crippen LogP contribution in [-0.2, 0) is 16.8 Å². The van der Waals surface area contributed by atoms with Gasteiger partial charge in [0, 0.05) is 30.4 Å². The van der Waals surface area contributed by atoms with Gasteiger partial charge in [-0.25, -0.2) is 9.97 Å². The molecule has 1 amide bonds. The minimum atomic E-state index is -0.477. The topological polar surface area (TPSA) is 90.6 Å². The Morgan fingerprint density at radius 3 is 2.62 bits per heavy atom. The molecule has 5 rings (SSSR count). The molecule has 0 unspecified atom stereocenters. The molecule has 0 radical (unpaired) electrons. The largest absolute Gasteiger partial charge is 0.496 e. The molecular formula is C25H26N4O3. The van der Waals surface area contributed by atoms with Gasteiger partial charge in [0.05, 0.1) is 19.4 Å². The summed E-state index contributed by atoms with van der Waals surface area (Å²) < 4.78 is 11.7. The lowest BCUT2D eigenvalue weighted by molar-refractivity contribution is -0.0966. The van der Waals surface area contributed by atoms with Crippen LogP contribution in [0.15, 0.2) is 54.7 Å². The number of benzene rings is 2. The summed E-state index contributed by atoms with van der Waals surface area (Å²) in [6.07, 6.45) is 3.99. The molecule has 1 saturated heterocycles. The van der Waals surface area contributed by atoms with E-state index in [4.69, 9.17) is 15.2 Å². The number of piperidine rings is 1. The van der Waals surface area contributed by atoms with E-state index in [0.717, 1.165) is 34.6 Å². The summed E-state index contributed by atoms with van der Waals surface area (Å²) in [5, 5.41) is 0. The van der Waals surface area contributed by atoms with Crippen LogP contribution >= 0.6 is 0 Å². The molecule has 32 heavy (non-hydrogen) atoms. The van der Waals surface area contributed by atoms with Crippen molar-refractivity contribution in [2.24, 2.45) is 0 Å². The summed E-state index contributed by atoms with van der Waals surface area (Å²) in [6, 6.07) is 15.6. The number of carbonyl (C=O) groups excluding carboxylic acids is 1. The predicted molar refractivity (Wildman–Crippen MR) is 121 cm³/mol. The van der Waals surface area contributed by atoms with Crippen LogP contribution in [-0.4, -0.2) is 47.6 Å². The lowest BCUT2D eigenvalue weighted by Gasteiger charge is -2.44. The Hall–Kier alpha value is -3.45. The molecular weight excluding hydrogens is 404 g/mol. The molecule has 164 valence electrons. The summed E-state index contributed by atoms with van der Waals surface area (Å²) in [5.41, 5.74) is 10.1. The second-order valence-electron chi connectivity index (χ2n) is 8.26. The van der Waals surface area contributed by atoms with E-state index in [9.17, 15) is 4.79 Å². The van der Waals surface area contributed by atoms with Gasteiger partial charge < -0.3 is 20.1 Å². The third-order valence-corrected chi connectivity index (χ3v) is 6.47. The second-order valence-corrected chi connectivity index (χ2v) is 8.26. The Morgan fingerprint density at radius 2 is 1.88 bits per heavy atom. The number of methoxy groups -OCH3 is 1. The zero-order valence-corrected chi connectivity index (χ0v) is 18.1. The first-order valence-corrected chi connectivity index (χ1v) is 10.9. The summed E-state index contributed by atoms with van der Waals surface area (Å²) in [5.74, 6) is 1.11. The van der Waals surface area contributed by atoms with Crippen molar-refractivity contribution in [3.8, 4) is 16.9 Å². The van der Waals surface area contributed by atoms with E-state index < -0.39 is 5.60 Å². The number of ether oxygens (including phenoxy) is 2. The van der Waals surface area contributed by atoms with Gasteiger partial charge in [-0.05, 0) is 48.6 Å². The maximum Gasteiger partial charge on any atom is 0.253 e. The number of nitrogen functional groups attached to an aromatic ring is 1. The van der Waals surface area contributed by atoms with E-state index in [-0.39, 0.29) is 11.9 Å². The monoisotopic (exact) mass is 430 g/mol. The van der Waals surface area contributed by atoms with Gasteiger partial charge >= 0.3 is 0 Å². The average Bonchev–Trinajstić information content (AvgIpc) is 2.85. The maximum absolute atomic E-state index is 13.2. The Morgan fingerprint density at radius 1 is 1.12 bits per heavy atom.